The zero-order valence-corrected chi connectivity index (χ0v) is 11.6. The number of amides is 3. The summed E-state index contributed by atoms with van der Waals surface area (Å²) in [4.78, 5) is 34.8. The molecular weight excluding hydrogens is 292 g/mol. The van der Waals surface area contributed by atoms with Gasteiger partial charge in [0, 0.05) is 19.6 Å². The van der Waals surface area contributed by atoms with Crippen molar-refractivity contribution in [1.82, 2.24) is 20.3 Å². The standard InChI is InChI=1S/C9H16N4O6S/c1-20(18,19)12-3-2-10-9(17)13-5-7(14)11-4-6(13)8(15)16/h6,12H,2-5H2,1H3,(H,10,17)(H,11,14)(H,15,16). The van der Waals surface area contributed by atoms with Crippen LogP contribution >= 0.6 is 0 Å². The van der Waals surface area contributed by atoms with E-state index in [1.165, 1.54) is 0 Å². The number of carbonyl (C=O) groups is 3. The normalized spacial score (nSPS) is 19.4. The van der Waals surface area contributed by atoms with Gasteiger partial charge in [-0.2, -0.15) is 0 Å². The number of carboxylic acids is 1. The molecule has 0 bridgehead atoms. The third-order valence-electron chi connectivity index (χ3n) is 2.49. The Morgan fingerprint density at radius 2 is 2.10 bits per heavy atom. The maximum Gasteiger partial charge on any atom is 0.328 e. The summed E-state index contributed by atoms with van der Waals surface area (Å²) in [6.07, 6.45) is 0.976. The Kier molecular flexibility index (Phi) is 5.27. The van der Waals surface area contributed by atoms with Gasteiger partial charge in [0.05, 0.1) is 6.26 Å². The van der Waals surface area contributed by atoms with Crippen LogP contribution in [0, 0.1) is 0 Å². The molecule has 1 aliphatic heterocycles. The minimum atomic E-state index is -3.35. The van der Waals surface area contributed by atoms with E-state index in [1.807, 2.05) is 0 Å². The van der Waals surface area contributed by atoms with Gasteiger partial charge in [-0.3, -0.25) is 9.69 Å². The Morgan fingerprint density at radius 3 is 2.65 bits per heavy atom. The van der Waals surface area contributed by atoms with E-state index in [1.54, 1.807) is 0 Å². The van der Waals surface area contributed by atoms with E-state index in [9.17, 15) is 22.8 Å². The number of carboxylic acid groups (broad SMARTS) is 1. The van der Waals surface area contributed by atoms with Gasteiger partial charge in [-0.1, -0.05) is 0 Å². The first-order chi connectivity index (χ1) is 9.20. The van der Waals surface area contributed by atoms with Crippen molar-refractivity contribution in [2.24, 2.45) is 0 Å². The Labute approximate surface area is 115 Å². The van der Waals surface area contributed by atoms with Crippen LogP contribution in [-0.2, 0) is 19.6 Å². The zero-order valence-electron chi connectivity index (χ0n) is 10.7. The number of piperazine rings is 1. The number of hydrogen-bond donors (Lipinski definition) is 4. The van der Waals surface area contributed by atoms with Gasteiger partial charge in [-0.25, -0.2) is 22.7 Å². The largest absolute Gasteiger partial charge is 0.480 e. The highest BCUT2D eigenvalue weighted by molar-refractivity contribution is 7.88. The van der Waals surface area contributed by atoms with Crippen molar-refractivity contribution in [3.8, 4) is 0 Å². The van der Waals surface area contributed by atoms with Crippen molar-refractivity contribution < 1.29 is 27.9 Å². The summed E-state index contributed by atoms with van der Waals surface area (Å²) in [6.45, 7) is -0.565. The minimum absolute atomic E-state index is 0.0175. The third kappa shape index (κ3) is 5.01. The quantitative estimate of drug-likeness (QED) is 0.402. The first-order valence-electron chi connectivity index (χ1n) is 5.69. The van der Waals surface area contributed by atoms with Crippen molar-refractivity contribution in [1.29, 1.82) is 0 Å². The first kappa shape index (κ1) is 16.2. The van der Waals surface area contributed by atoms with Crippen molar-refractivity contribution >= 4 is 27.9 Å². The molecule has 0 aromatic heterocycles. The Bertz CT molecular complexity index is 505. The van der Waals surface area contributed by atoms with E-state index in [0.717, 1.165) is 11.2 Å². The molecule has 0 aliphatic carbocycles. The second-order valence-electron chi connectivity index (χ2n) is 4.18. The van der Waals surface area contributed by atoms with Gasteiger partial charge in [-0.15, -0.1) is 0 Å². The van der Waals surface area contributed by atoms with Gasteiger partial charge in [0.25, 0.3) is 0 Å². The Hall–Kier alpha value is -1.88. The maximum atomic E-state index is 11.8. The molecule has 1 rings (SSSR count). The van der Waals surface area contributed by atoms with Crippen molar-refractivity contribution in [2.75, 3.05) is 32.4 Å². The van der Waals surface area contributed by atoms with Crippen LogP contribution in [0.25, 0.3) is 0 Å². The number of rotatable bonds is 5. The lowest BCUT2D eigenvalue weighted by Crippen LogP contribution is -2.61. The van der Waals surface area contributed by atoms with E-state index >= 15 is 0 Å². The van der Waals surface area contributed by atoms with Gasteiger partial charge >= 0.3 is 12.0 Å². The van der Waals surface area contributed by atoms with Crippen LogP contribution in [0.2, 0.25) is 0 Å². The lowest BCUT2D eigenvalue weighted by atomic mass is 10.2. The Balaban J connectivity index is 2.51. The van der Waals surface area contributed by atoms with E-state index in [4.69, 9.17) is 5.11 Å². The van der Waals surface area contributed by atoms with Crippen LogP contribution in [0.3, 0.4) is 0 Å². The number of aliphatic carboxylic acids is 1. The number of nitrogens with one attached hydrogen (secondary N) is 3. The highest BCUT2D eigenvalue weighted by atomic mass is 32.2. The van der Waals surface area contributed by atoms with Crippen molar-refractivity contribution in [3.63, 3.8) is 0 Å². The molecule has 1 atom stereocenters. The van der Waals surface area contributed by atoms with E-state index < -0.39 is 34.0 Å². The molecule has 0 spiro atoms. The molecule has 1 fully saturated rings. The average molecular weight is 308 g/mol. The second kappa shape index (κ2) is 6.52. The van der Waals surface area contributed by atoms with E-state index in [0.29, 0.717) is 0 Å². The molecule has 3 amide bonds. The van der Waals surface area contributed by atoms with E-state index in [-0.39, 0.29) is 26.2 Å². The summed E-state index contributed by atoms with van der Waals surface area (Å²) in [5.74, 6) is -1.68. The first-order valence-corrected chi connectivity index (χ1v) is 7.58. The SMILES string of the molecule is CS(=O)(=O)NCCNC(=O)N1CC(=O)NCC1C(=O)O. The topological polar surface area (TPSA) is 145 Å². The molecule has 114 valence electrons. The summed E-state index contributed by atoms with van der Waals surface area (Å²) >= 11 is 0. The molecule has 20 heavy (non-hydrogen) atoms. The highest BCUT2D eigenvalue weighted by Gasteiger charge is 2.34. The third-order valence-corrected chi connectivity index (χ3v) is 3.22. The number of nitrogens with zero attached hydrogens (tertiary/aromatic N) is 1. The molecule has 0 saturated carbocycles. The monoisotopic (exact) mass is 308 g/mol. The van der Waals surface area contributed by atoms with Gasteiger partial charge in [-0.05, 0) is 0 Å². The van der Waals surface area contributed by atoms with Crippen LogP contribution in [-0.4, -0.2) is 74.8 Å². The molecular formula is C9H16N4O6S. The fourth-order valence-corrected chi connectivity index (χ4v) is 2.06. The number of urea groups is 1. The van der Waals surface area contributed by atoms with Crippen LogP contribution in [0.5, 0.6) is 0 Å². The van der Waals surface area contributed by atoms with Gasteiger partial charge in [0.1, 0.15) is 12.6 Å². The smallest absolute Gasteiger partial charge is 0.328 e. The molecule has 4 N–H and O–H groups in total. The summed E-state index contributed by atoms with van der Waals surface area (Å²) in [5, 5.41) is 13.7. The Morgan fingerprint density at radius 1 is 1.45 bits per heavy atom. The molecule has 0 aromatic carbocycles. The molecule has 1 saturated heterocycles. The van der Waals surface area contributed by atoms with Crippen molar-refractivity contribution in [3.05, 3.63) is 0 Å². The lowest BCUT2D eigenvalue weighted by molar-refractivity contribution is -0.144. The number of hydrogen-bond acceptors (Lipinski definition) is 5. The predicted molar refractivity (Wildman–Crippen MR) is 67.4 cm³/mol. The summed E-state index contributed by atoms with van der Waals surface area (Å²) in [6, 6.07) is -1.88. The fourth-order valence-electron chi connectivity index (χ4n) is 1.58. The van der Waals surface area contributed by atoms with Gasteiger partial charge in [0.15, 0.2) is 0 Å². The molecule has 0 aromatic rings. The summed E-state index contributed by atoms with van der Waals surface area (Å²) in [7, 11) is -3.35. The van der Waals surface area contributed by atoms with Crippen LogP contribution < -0.4 is 15.4 Å². The predicted octanol–water partition coefficient (Wildman–Crippen LogP) is -2.87. The molecule has 1 heterocycles. The number of sulfonamides is 1. The van der Waals surface area contributed by atoms with Crippen LogP contribution in [0.1, 0.15) is 0 Å². The second-order valence-corrected chi connectivity index (χ2v) is 6.02. The van der Waals surface area contributed by atoms with Crippen LogP contribution in [0.15, 0.2) is 0 Å². The highest BCUT2D eigenvalue weighted by Crippen LogP contribution is 2.04. The molecule has 1 aliphatic rings. The van der Waals surface area contributed by atoms with Crippen LogP contribution in [0.4, 0.5) is 4.79 Å². The molecule has 11 heteroatoms. The maximum absolute atomic E-state index is 11.8. The van der Waals surface area contributed by atoms with E-state index in [2.05, 4.69) is 15.4 Å². The summed E-state index contributed by atoms with van der Waals surface area (Å²) < 4.78 is 23.8. The van der Waals surface area contributed by atoms with Crippen molar-refractivity contribution in [2.45, 2.75) is 6.04 Å². The molecule has 0 radical (unpaired) electrons. The molecule has 10 nitrogen and oxygen atoms in total. The minimum Gasteiger partial charge on any atom is -0.480 e. The zero-order chi connectivity index (χ0) is 15.3. The average Bonchev–Trinajstić information content (AvgIpc) is 2.32. The summed E-state index contributed by atoms with van der Waals surface area (Å²) in [5.41, 5.74) is 0. The fraction of sp³-hybridized carbons (Fsp3) is 0.667. The van der Waals surface area contributed by atoms with Gasteiger partial charge < -0.3 is 15.7 Å². The molecule has 1 unspecified atom stereocenters. The van der Waals surface area contributed by atoms with Gasteiger partial charge in [0.2, 0.25) is 15.9 Å². The number of carbonyl (C=O) groups excluding carboxylic acids is 2. The lowest BCUT2D eigenvalue weighted by Gasteiger charge is -2.32.